The molecule has 0 fully saturated rings. The van der Waals surface area contributed by atoms with E-state index in [9.17, 15) is 10.2 Å². The number of phenolic OH excluding ortho intramolecular Hbond substituents is 2. The summed E-state index contributed by atoms with van der Waals surface area (Å²) in [7, 11) is 0. The van der Waals surface area contributed by atoms with E-state index in [0.717, 1.165) is 10.7 Å². The Morgan fingerprint density at radius 1 is 0.833 bits per heavy atom. The maximum atomic E-state index is 9.52. The van der Waals surface area contributed by atoms with Gasteiger partial charge in [-0.05, 0) is 74.7 Å². The molecule has 0 aliphatic heterocycles. The fourth-order valence-corrected chi connectivity index (χ4v) is 3.12. The topological polar surface area (TPSA) is 40.5 Å². The number of hydrogen-bond acceptors (Lipinski definition) is 2. The van der Waals surface area contributed by atoms with Crippen LogP contribution in [0.4, 0.5) is 0 Å². The first kappa shape index (κ1) is 11.1. The molecule has 0 saturated carbocycles. The van der Waals surface area contributed by atoms with Crippen molar-refractivity contribution in [2.24, 2.45) is 0 Å². The van der Waals surface area contributed by atoms with E-state index in [2.05, 4.69) is 67.8 Å². The third-order valence-corrected chi connectivity index (χ3v) is 6.76. The third kappa shape index (κ3) is 1.76. The van der Waals surface area contributed by atoms with E-state index in [-0.39, 0.29) is 11.5 Å². The first-order chi connectivity index (χ1) is 5.46. The van der Waals surface area contributed by atoms with Gasteiger partial charge in [0.2, 0.25) is 0 Å². The number of hydrogen-bond donors (Lipinski definition) is 2. The average Bonchev–Trinajstić information content (AvgIpc) is 2.08. The molecule has 1 aromatic carbocycles. The fourth-order valence-electron chi connectivity index (χ4n) is 0.746. The van der Waals surface area contributed by atoms with Gasteiger partial charge in [0, 0.05) is 9.13 Å². The molecule has 2 nitrogen and oxygen atoms in total. The molecule has 0 radical (unpaired) electrons. The minimum absolute atomic E-state index is 0.179. The molecule has 0 aliphatic carbocycles. The van der Waals surface area contributed by atoms with Crippen molar-refractivity contribution in [3.8, 4) is 11.5 Å². The molecule has 0 amide bonds. The fraction of sp³-hybridized carbons (Fsp3) is 0.143. The van der Waals surface area contributed by atoms with E-state index in [1.54, 1.807) is 6.92 Å². The highest BCUT2D eigenvalue weighted by Crippen LogP contribution is 2.38. The van der Waals surface area contributed by atoms with Crippen LogP contribution in [-0.2, 0) is 0 Å². The highest BCUT2D eigenvalue weighted by molar-refractivity contribution is 14.1. The molecule has 0 unspecified atom stereocenters. The number of aromatic hydroxyl groups is 2. The lowest BCUT2D eigenvalue weighted by Gasteiger charge is -2.09. The molecule has 0 spiro atoms. The summed E-state index contributed by atoms with van der Waals surface area (Å²) in [6.45, 7) is 1.70. The molecule has 2 N–H and O–H groups in total. The molecular weight excluding hydrogens is 497 g/mol. The van der Waals surface area contributed by atoms with Crippen LogP contribution < -0.4 is 0 Å². The van der Waals surface area contributed by atoms with Crippen molar-refractivity contribution in [1.29, 1.82) is 0 Å². The second kappa shape index (κ2) is 4.03. The SMILES string of the molecule is Cc1c(O)c(I)c(I)c(I)c1O. The molecule has 1 aromatic rings. The Bertz CT molecular complexity index is 231. The van der Waals surface area contributed by atoms with Crippen LogP contribution in [0.5, 0.6) is 11.5 Å². The van der Waals surface area contributed by atoms with Crippen LogP contribution in [0.1, 0.15) is 5.56 Å². The quantitative estimate of drug-likeness (QED) is 0.423. The zero-order chi connectivity index (χ0) is 9.46. The summed E-state index contributed by atoms with van der Waals surface area (Å²) in [5, 5.41) is 19.0. The first-order valence-electron chi connectivity index (χ1n) is 3.01. The Kier molecular flexibility index (Phi) is 3.72. The Hall–Kier alpha value is 1.01. The van der Waals surface area contributed by atoms with Crippen molar-refractivity contribution in [3.05, 3.63) is 16.3 Å². The maximum Gasteiger partial charge on any atom is 0.136 e. The molecule has 0 bridgehead atoms. The summed E-state index contributed by atoms with van der Waals surface area (Å²) in [4.78, 5) is 0. The second-order valence-corrected chi connectivity index (χ2v) is 5.50. The van der Waals surface area contributed by atoms with Crippen LogP contribution in [-0.4, -0.2) is 10.2 Å². The standard InChI is InChI=1S/C7H5I3O2/c1-2-6(11)4(9)3(8)5(10)7(2)12/h11-12H,1H3. The van der Waals surface area contributed by atoms with Crippen LogP contribution in [0.15, 0.2) is 0 Å². The van der Waals surface area contributed by atoms with Gasteiger partial charge in [-0.15, -0.1) is 0 Å². The van der Waals surface area contributed by atoms with Crippen molar-refractivity contribution < 1.29 is 10.2 Å². The third-order valence-electron chi connectivity index (χ3n) is 1.51. The Morgan fingerprint density at radius 3 is 1.50 bits per heavy atom. The summed E-state index contributed by atoms with van der Waals surface area (Å²) >= 11 is 6.23. The van der Waals surface area contributed by atoms with Gasteiger partial charge >= 0.3 is 0 Å². The highest BCUT2D eigenvalue weighted by atomic mass is 127. The monoisotopic (exact) mass is 502 g/mol. The van der Waals surface area contributed by atoms with Gasteiger partial charge in [-0.2, -0.15) is 0 Å². The largest absolute Gasteiger partial charge is 0.506 e. The van der Waals surface area contributed by atoms with E-state index in [1.165, 1.54) is 0 Å². The predicted molar refractivity (Wildman–Crippen MR) is 72.7 cm³/mol. The Morgan fingerprint density at radius 2 is 1.17 bits per heavy atom. The predicted octanol–water partition coefficient (Wildman–Crippen LogP) is 3.22. The lowest BCUT2D eigenvalue weighted by Crippen LogP contribution is -1.91. The van der Waals surface area contributed by atoms with Gasteiger partial charge in [-0.25, -0.2) is 0 Å². The molecule has 0 atom stereocenters. The average molecular weight is 502 g/mol. The smallest absolute Gasteiger partial charge is 0.136 e. The van der Waals surface area contributed by atoms with E-state index in [0.29, 0.717) is 5.56 Å². The zero-order valence-electron chi connectivity index (χ0n) is 6.03. The maximum absolute atomic E-state index is 9.52. The van der Waals surface area contributed by atoms with Crippen LogP contribution in [0.25, 0.3) is 0 Å². The summed E-state index contributed by atoms with van der Waals surface area (Å²) in [5.41, 5.74) is 0.546. The van der Waals surface area contributed by atoms with Gasteiger partial charge in [0.25, 0.3) is 0 Å². The van der Waals surface area contributed by atoms with Gasteiger partial charge in [0.1, 0.15) is 11.5 Å². The summed E-state index contributed by atoms with van der Waals surface area (Å²) in [5.74, 6) is 0.357. The molecule has 1 rings (SSSR count). The van der Waals surface area contributed by atoms with Crippen molar-refractivity contribution in [2.75, 3.05) is 0 Å². The molecule has 0 heterocycles. The molecular formula is C7H5I3O2. The lowest BCUT2D eigenvalue weighted by molar-refractivity contribution is 0.437. The Balaban J connectivity index is 3.60. The van der Waals surface area contributed by atoms with Crippen molar-refractivity contribution in [2.45, 2.75) is 6.92 Å². The first-order valence-corrected chi connectivity index (χ1v) is 6.25. The van der Waals surface area contributed by atoms with Gasteiger partial charge in [-0.3, -0.25) is 0 Å². The normalized spacial score (nSPS) is 10.3. The van der Waals surface area contributed by atoms with Crippen LogP contribution in [0, 0.1) is 17.6 Å². The van der Waals surface area contributed by atoms with Crippen LogP contribution >= 0.6 is 67.8 Å². The van der Waals surface area contributed by atoms with E-state index >= 15 is 0 Å². The lowest BCUT2D eigenvalue weighted by atomic mass is 10.2. The number of benzene rings is 1. The molecule has 0 aromatic heterocycles. The molecule has 5 heteroatoms. The molecule has 12 heavy (non-hydrogen) atoms. The van der Waals surface area contributed by atoms with E-state index < -0.39 is 0 Å². The zero-order valence-corrected chi connectivity index (χ0v) is 12.5. The van der Waals surface area contributed by atoms with Crippen molar-refractivity contribution in [1.82, 2.24) is 0 Å². The molecule has 0 saturated heterocycles. The Labute approximate surface area is 111 Å². The van der Waals surface area contributed by atoms with Gasteiger partial charge < -0.3 is 10.2 Å². The number of rotatable bonds is 0. The number of phenols is 2. The highest BCUT2D eigenvalue weighted by Gasteiger charge is 2.15. The van der Waals surface area contributed by atoms with E-state index in [4.69, 9.17) is 0 Å². The molecule has 0 aliphatic rings. The van der Waals surface area contributed by atoms with Crippen LogP contribution in [0.2, 0.25) is 0 Å². The summed E-state index contributed by atoms with van der Waals surface area (Å²) in [6, 6.07) is 0. The van der Waals surface area contributed by atoms with Crippen LogP contribution in [0.3, 0.4) is 0 Å². The van der Waals surface area contributed by atoms with E-state index in [1.807, 2.05) is 0 Å². The number of halogens is 3. The summed E-state index contributed by atoms with van der Waals surface area (Å²) < 4.78 is 2.50. The van der Waals surface area contributed by atoms with Crippen molar-refractivity contribution in [3.63, 3.8) is 0 Å². The summed E-state index contributed by atoms with van der Waals surface area (Å²) in [6.07, 6.45) is 0. The molecule has 66 valence electrons. The van der Waals surface area contributed by atoms with Crippen molar-refractivity contribution >= 4 is 67.8 Å². The van der Waals surface area contributed by atoms with Gasteiger partial charge in [0.05, 0.1) is 7.14 Å². The van der Waals surface area contributed by atoms with Gasteiger partial charge in [0.15, 0.2) is 0 Å². The second-order valence-electron chi connectivity index (χ2n) is 2.26. The van der Waals surface area contributed by atoms with Gasteiger partial charge in [-0.1, -0.05) is 0 Å². The minimum Gasteiger partial charge on any atom is -0.506 e. The minimum atomic E-state index is 0.179.